The first-order valence-electron chi connectivity index (χ1n) is 12.7. The molecule has 0 amide bonds. The number of ether oxygens (including phenoxy) is 1. The van der Waals surface area contributed by atoms with Gasteiger partial charge in [-0.25, -0.2) is 0 Å². The van der Waals surface area contributed by atoms with Gasteiger partial charge in [0.2, 0.25) is 0 Å². The van der Waals surface area contributed by atoms with Crippen molar-refractivity contribution in [3.05, 3.63) is 23.8 Å². The van der Waals surface area contributed by atoms with Gasteiger partial charge in [-0.2, -0.15) is 8.42 Å². The molecule has 8 heteroatoms. The fourth-order valence-electron chi connectivity index (χ4n) is 7.71. The van der Waals surface area contributed by atoms with Gasteiger partial charge in [0, 0.05) is 12.7 Å². The average molecular weight is 496 g/mol. The number of aryl methyl sites for hydroxylation is 1. The van der Waals surface area contributed by atoms with Crippen molar-refractivity contribution in [1.82, 2.24) is 0 Å². The first-order valence-corrected chi connectivity index (χ1v) is 14.1. The van der Waals surface area contributed by atoms with Crippen molar-refractivity contribution >= 4 is 10.1 Å². The minimum atomic E-state index is -4.31. The zero-order valence-corrected chi connectivity index (χ0v) is 21.4. The van der Waals surface area contributed by atoms with Crippen molar-refractivity contribution in [1.29, 1.82) is 0 Å². The molecule has 3 aliphatic carbocycles. The van der Waals surface area contributed by atoms with E-state index in [9.17, 15) is 23.2 Å². The van der Waals surface area contributed by atoms with Crippen molar-refractivity contribution < 1.29 is 27.9 Å². The van der Waals surface area contributed by atoms with Crippen LogP contribution in [0.4, 0.5) is 0 Å². The van der Waals surface area contributed by atoms with Crippen molar-refractivity contribution in [2.24, 2.45) is 40.2 Å². The predicted molar refractivity (Wildman–Crippen MR) is 130 cm³/mol. The molecule has 1 aromatic rings. The molecule has 0 spiro atoms. The number of aliphatic hydroxyl groups excluding tert-OH is 2. The second-order valence-electron chi connectivity index (χ2n) is 11.6. The molecule has 0 radical (unpaired) electrons. The van der Waals surface area contributed by atoms with Crippen molar-refractivity contribution in [2.75, 3.05) is 13.2 Å². The van der Waals surface area contributed by atoms with Crippen LogP contribution in [-0.4, -0.2) is 48.5 Å². The summed E-state index contributed by atoms with van der Waals surface area (Å²) in [5, 5.41) is 21.1. The van der Waals surface area contributed by atoms with Gasteiger partial charge in [-0.3, -0.25) is 4.55 Å². The molecular weight excluding hydrogens is 454 g/mol. The lowest BCUT2D eigenvalue weighted by Crippen LogP contribution is -2.54. The molecule has 0 heterocycles. The second kappa shape index (κ2) is 9.36. The summed E-state index contributed by atoms with van der Waals surface area (Å²) in [7, 11) is -4.31. The summed E-state index contributed by atoms with van der Waals surface area (Å²) in [5.74, 6) is 1.64. The first kappa shape index (κ1) is 25.9. The summed E-state index contributed by atoms with van der Waals surface area (Å²) < 4.78 is 38.8. The molecule has 0 aliphatic heterocycles. The topological polar surface area (TPSA) is 130 Å². The molecule has 5 N–H and O–H groups in total. The third-order valence-electron chi connectivity index (χ3n) is 9.96. The minimum absolute atomic E-state index is 0.0473. The zero-order valence-electron chi connectivity index (χ0n) is 20.6. The molecule has 0 aromatic heterocycles. The van der Waals surface area contributed by atoms with E-state index in [4.69, 9.17) is 10.5 Å². The summed E-state index contributed by atoms with van der Waals surface area (Å²) in [6.07, 6.45) is 5.87. The van der Waals surface area contributed by atoms with E-state index in [1.165, 1.54) is 12.1 Å². The van der Waals surface area contributed by atoms with E-state index in [0.717, 1.165) is 44.1 Å². The standard InChI is InChI=1S/C26H41NO6S/c1-16-4-5-19(34(30,31)32)13-23(16)33-18-8-10-25(2,17(12-18)15-28)22-9-11-26(3)21(20(22)14-27)6-7-24(26)29/h4-5,13,17-18,20-22,24,28-29H,6-12,14-15,27H2,1-3H3,(H,30,31,32)/t17-,18+,20+,21+,22+,24?,25+,26+/m1/s1. The first-order chi connectivity index (χ1) is 15.9. The Labute approximate surface area is 203 Å². The highest BCUT2D eigenvalue weighted by molar-refractivity contribution is 7.85. The van der Waals surface area contributed by atoms with Crippen LogP contribution in [0.3, 0.4) is 0 Å². The maximum absolute atomic E-state index is 11.6. The molecule has 34 heavy (non-hydrogen) atoms. The van der Waals surface area contributed by atoms with Gasteiger partial charge in [0.15, 0.2) is 0 Å². The molecule has 0 bridgehead atoms. The van der Waals surface area contributed by atoms with Crippen LogP contribution in [0.2, 0.25) is 0 Å². The zero-order chi connectivity index (χ0) is 24.9. The number of aliphatic hydroxyl groups is 2. The minimum Gasteiger partial charge on any atom is -0.490 e. The van der Waals surface area contributed by atoms with Gasteiger partial charge in [-0.15, -0.1) is 0 Å². The van der Waals surface area contributed by atoms with E-state index < -0.39 is 10.1 Å². The SMILES string of the molecule is Cc1ccc(S(=O)(=O)O)cc1O[C@H]1CC[C@](C)([C@H]2CC[C@]3(C)C(O)CC[C@H]3[C@@H]2CN)[C@@H](CO)C1. The molecule has 3 fully saturated rings. The molecule has 7 nitrogen and oxygen atoms in total. The fraction of sp³-hybridized carbons (Fsp3) is 0.769. The molecule has 3 aliphatic rings. The quantitative estimate of drug-likeness (QED) is 0.444. The van der Waals surface area contributed by atoms with E-state index in [2.05, 4.69) is 13.8 Å². The molecule has 1 aromatic carbocycles. The lowest BCUT2D eigenvalue weighted by molar-refractivity contribution is -0.107. The predicted octanol–water partition coefficient (Wildman–Crippen LogP) is 3.55. The van der Waals surface area contributed by atoms with Gasteiger partial charge in [0.05, 0.1) is 17.1 Å². The van der Waals surface area contributed by atoms with E-state index in [-0.39, 0.29) is 40.5 Å². The summed E-state index contributed by atoms with van der Waals surface area (Å²) in [5.41, 5.74) is 7.04. The number of hydrogen-bond donors (Lipinski definition) is 4. The van der Waals surface area contributed by atoms with Gasteiger partial charge in [-0.1, -0.05) is 19.9 Å². The van der Waals surface area contributed by atoms with Crippen LogP contribution >= 0.6 is 0 Å². The largest absolute Gasteiger partial charge is 0.490 e. The van der Waals surface area contributed by atoms with Crippen LogP contribution in [-0.2, 0) is 10.1 Å². The fourth-order valence-corrected chi connectivity index (χ4v) is 8.21. The Kier molecular flexibility index (Phi) is 7.12. The molecule has 192 valence electrons. The van der Waals surface area contributed by atoms with Crippen molar-refractivity contribution in [3.63, 3.8) is 0 Å². The average Bonchev–Trinajstić information content (AvgIpc) is 3.09. The summed E-state index contributed by atoms with van der Waals surface area (Å²) in [6.45, 7) is 7.05. The van der Waals surface area contributed by atoms with Crippen LogP contribution in [0.15, 0.2) is 23.1 Å². The molecule has 3 saturated carbocycles. The Morgan fingerprint density at radius 3 is 2.41 bits per heavy atom. The third kappa shape index (κ3) is 4.41. The Morgan fingerprint density at radius 1 is 1.09 bits per heavy atom. The summed E-state index contributed by atoms with van der Waals surface area (Å²) >= 11 is 0. The van der Waals surface area contributed by atoms with E-state index >= 15 is 0 Å². The molecule has 8 atom stereocenters. The van der Waals surface area contributed by atoms with Crippen molar-refractivity contribution in [2.45, 2.75) is 82.8 Å². The third-order valence-corrected chi connectivity index (χ3v) is 10.8. The van der Waals surface area contributed by atoms with E-state index in [1.54, 1.807) is 6.07 Å². The van der Waals surface area contributed by atoms with Crippen LogP contribution in [0, 0.1) is 41.4 Å². The maximum Gasteiger partial charge on any atom is 0.294 e. The van der Waals surface area contributed by atoms with Crippen LogP contribution in [0.25, 0.3) is 0 Å². The Hall–Kier alpha value is -1.19. The normalized spacial score (nSPS) is 40.7. The van der Waals surface area contributed by atoms with Crippen LogP contribution in [0.5, 0.6) is 5.75 Å². The maximum atomic E-state index is 11.6. The monoisotopic (exact) mass is 495 g/mol. The highest BCUT2D eigenvalue weighted by Crippen LogP contribution is 2.62. The Bertz CT molecular complexity index is 999. The lowest BCUT2D eigenvalue weighted by Gasteiger charge is -2.57. The van der Waals surface area contributed by atoms with Crippen LogP contribution < -0.4 is 10.5 Å². The number of nitrogens with two attached hydrogens (primary N) is 1. The van der Waals surface area contributed by atoms with Gasteiger partial charge in [0.25, 0.3) is 10.1 Å². The lowest BCUT2D eigenvalue weighted by atomic mass is 9.49. The smallest absolute Gasteiger partial charge is 0.294 e. The number of benzene rings is 1. The molecular formula is C26H41NO6S. The Morgan fingerprint density at radius 2 is 1.76 bits per heavy atom. The summed E-state index contributed by atoms with van der Waals surface area (Å²) in [4.78, 5) is -0.178. The molecule has 1 unspecified atom stereocenters. The van der Waals surface area contributed by atoms with E-state index in [1.807, 2.05) is 6.92 Å². The van der Waals surface area contributed by atoms with Gasteiger partial charge < -0.3 is 20.7 Å². The Balaban J connectivity index is 1.53. The molecule has 0 saturated heterocycles. The highest BCUT2D eigenvalue weighted by atomic mass is 32.2. The van der Waals surface area contributed by atoms with Gasteiger partial charge in [-0.05, 0) is 105 Å². The molecule has 4 rings (SSSR count). The second-order valence-corrected chi connectivity index (χ2v) is 13.0. The van der Waals surface area contributed by atoms with Gasteiger partial charge >= 0.3 is 0 Å². The highest BCUT2D eigenvalue weighted by Gasteiger charge is 2.58. The van der Waals surface area contributed by atoms with E-state index in [0.29, 0.717) is 36.5 Å². The number of hydrogen-bond acceptors (Lipinski definition) is 6. The summed E-state index contributed by atoms with van der Waals surface area (Å²) in [6, 6.07) is 4.38. The number of rotatable bonds is 6. The van der Waals surface area contributed by atoms with Crippen LogP contribution in [0.1, 0.15) is 64.4 Å². The number of fused-ring (bicyclic) bond motifs is 1. The van der Waals surface area contributed by atoms with Gasteiger partial charge in [0.1, 0.15) is 5.75 Å². The van der Waals surface area contributed by atoms with Crippen molar-refractivity contribution in [3.8, 4) is 5.75 Å².